The lowest BCUT2D eigenvalue weighted by Gasteiger charge is -2.35. The second-order valence-corrected chi connectivity index (χ2v) is 4.42. The smallest absolute Gasteiger partial charge is 0.317 e. The zero-order chi connectivity index (χ0) is 13.3. The number of carbonyl (C=O) groups is 2. The van der Waals surface area contributed by atoms with Gasteiger partial charge in [-0.05, 0) is 24.3 Å². The van der Waals surface area contributed by atoms with Gasteiger partial charge < -0.3 is 4.90 Å². The first-order valence-electron chi connectivity index (χ1n) is 5.28. The number of amides is 2. The predicted octanol–water partition coefficient (Wildman–Crippen LogP) is 1.04. The SMILES string of the molecule is CN1CC(C#N)N(c2ccc(Cl)cc2)C(=O)C1=O. The number of carbonyl (C=O) groups excluding carboxylic acids is 2. The summed E-state index contributed by atoms with van der Waals surface area (Å²) < 4.78 is 0. The Balaban J connectivity index is 2.40. The van der Waals surface area contributed by atoms with Crippen molar-refractivity contribution in [2.75, 3.05) is 18.5 Å². The maximum Gasteiger partial charge on any atom is 0.317 e. The molecule has 0 N–H and O–H groups in total. The van der Waals surface area contributed by atoms with Gasteiger partial charge in [-0.15, -0.1) is 0 Å². The number of nitriles is 1. The predicted molar refractivity (Wildman–Crippen MR) is 66.0 cm³/mol. The van der Waals surface area contributed by atoms with Gasteiger partial charge in [-0.1, -0.05) is 11.6 Å². The summed E-state index contributed by atoms with van der Waals surface area (Å²) in [4.78, 5) is 26.0. The molecule has 1 heterocycles. The van der Waals surface area contributed by atoms with Gasteiger partial charge in [0.2, 0.25) is 0 Å². The molecular formula is C12H10ClN3O2. The standard InChI is InChI=1S/C12H10ClN3O2/c1-15-7-10(6-14)16(12(18)11(15)17)9-4-2-8(13)3-5-9/h2-5,10H,7H2,1H3. The van der Waals surface area contributed by atoms with Gasteiger partial charge in [0.05, 0.1) is 12.6 Å². The van der Waals surface area contributed by atoms with Crippen molar-refractivity contribution >= 4 is 29.1 Å². The highest BCUT2D eigenvalue weighted by molar-refractivity contribution is 6.41. The van der Waals surface area contributed by atoms with E-state index in [1.165, 1.54) is 16.8 Å². The van der Waals surface area contributed by atoms with Crippen LogP contribution in [0.3, 0.4) is 0 Å². The molecule has 6 heteroatoms. The van der Waals surface area contributed by atoms with Gasteiger partial charge in [-0.3, -0.25) is 14.5 Å². The van der Waals surface area contributed by atoms with Gasteiger partial charge >= 0.3 is 11.8 Å². The highest BCUT2D eigenvalue weighted by atomic mass is 35.5. The van der Waals surface area contributed by atoms with Gasteiger partial charge in [-0.2, -0.15) is 5.26 Å². The number of nitrogens with zero attached hydrogens (tertiary/aromatic N) is 3. The third-order valence-electron chi connectivity index (χ3n) is 2.76. The summed E-state index contributed by atoms with van der Waals surface area (Å²) in [6, 6.07) is 7.80. The molecular weight excluding hydrogens is 254 g/mol. The highest BCUT2D eigenvalue weighted by Gasteiger charge is 2.38. The lowest BCUT2D eigenvalue weighted by atomic mass is 10.1. The van der Waals surface area contributed by atoms with Crippen molar-refractivity contribution in [1.82, 2.24) is 4.90 Å². The molecule has 1 aromatic carbocycles. The lowest BCUT2D eigenvalue weighted by molar-refractivity contribution is -0.145. The van der Waals surface area contributed by atoms with E-state index in [0.717, 1.165) is 0 Å². The Morgan fingerprint density at radius 2 is 1.89 bits per heavy atom. The van der Waals surface area contributed by atoms with Crippen molar-refractivity contribution in [3.63, 3.8) is 0 Å². The first-order chi connectivity index (χ1) is 8.54. The molecule has 1 atom stereocenters. The Morgan fingerprint density at radius 3 is 2.44 bits per heavy atom. The normalized spacial score (nSPS) is 19.9. The molecule has 2 amide bonds. The summed E-state index contributed by atoms with van der Waals surface area (Å²) in [7, 11) is 1.50. The van der Waals surface area contributed by atoms with Gasteiger partial charge in [0.25, 0.3) is 0 Å². The molecule has 0 aromatic heterocycles. The zero-order valence-corrected chi connectivity index (χ0v) is 10.4. The van der Waals surface area contributed by atoms with Crippen LogP contribution >= 0.6 is 11.6 Å². The molecule has 0 bridgehead atoms. The minimum atomic E-state index is -0.697. The molecule has 2 rings (SSSR count). The third-order valence-corrected chi connectivity index (χ3v) is 3.01. The van der Waals surface area contributed by atoms with E-state index in [1.54, 1.807) is 24.3 Å². The molecule has 1 aliphatic heterocycles. The molecule has 1 fully saturated rings. The van der Waals surface area contributed by atoms with E-state index in [-0.39, 0.29) is 6.54 Å². The fourth-order valence-corrected chi connectivity index (χ4v) is 1.96. The fourth-order valence-electron chi connectivity index (χ4n) is 1.83. The molecule has 18 heavy (non-hydrogen) atoms. The van der Waals surface area contributed by atoms with Crippen LogP contribution in [0, 0.1) is 11.3 Å². The molecule has 1 aromatic rings. The Kier molecular flexibility index (Phi) is 3.21. The van der Waals surface area contributed by atoms with Crippen molar-refractivity contribution in [3.05, 3.63) is 29.3 Å². The van der Waals surface area contributed by atoms with Crippen molar-refractivity contribution in [1.29, 1.82) is 5.26 Å². The largest absolute Gasteiger partial charge is 0.334 e. The van der Waals surface area contributed by atoms with Crippen LogP contribution in [0.5, 0.6) is 0 Å². The van der Waals surface area contributed by atoms with Crippen LogP contribution in [0.1, 0.15) is 0 Å². The van der Waals surface area contributed by atoms with Crippen LogP contribution in [0.15, 0.2) is 24.3 Å². The number of piperazine rings is 1. The monoisotopic (exact) mass is 263 g/mol. The highest BCUT2D eigenvalue weighted by Crippen LogP contribution is 2.23. The second kappa shape index (κ2) is 4.67. The average Bonchev–Trinajstić information content (AvgIpc) is 2.37. The Bertz CT molecular complexity index is 535. The van der Waals surface area contributed by atoms with E-state index in [1.807, 2.05) is 6.07 Å². The number of halogens is 1. The molecule has 0 saturated carbocycles. The quantitative estimate of drug-likeness (QED) is 0.711. The molecule has 0 radical (unpaired) electrons. The minimum Gasteiger partial charge on any atom is -0.334 e. The molecule has 1 unspecified atom stereocenters. The van der Waals surface area contributed by atoms with Crippen molar-refractivity contribution in [2.24, 2.45) is 0 Å². The summed E-state index contributed by atoms with van der Waals surface area (Å²) in [5.74, 6) is -1.31. The topological polar surface area (TPSA) is 64.4 Å². The molecule has 1 aliphatic rings. The second-order valence-electron chi connectivity index (χ2n) is 3.98. The molecule has 5 nitrogen and oxygen atoms in total. The Morgan fingerprint density at radius 1 is 1.28 bits per heavy atom. The van der Waals surface area contributed by atoms with E-state index in [2.05, 4.69) is 0 Å². The van der Waals surface area contributed by atoms with Crippen molar-refractivity contribution in [2.45, 2.75) is 6.04 Å². The number of benzene rings is 1. The van der Waals surface area contributed by atoms with Crippen LogP contribution in [0.4, 0.5) is 5.69 Å². The van der Waals surface area contributed by atoms with Crippen LogP contribution in [-0.2, 0) is 9.59 Å². The van der Waals surface area contributed by atoms with E-state index < -0.39 is 17.9 Å². The lowest BCUT2D eigenvalue weighted by Crippen LogP contribution is -2.58. The summed E-state index contributed by atoms with van der Waals surface area (Å²) in [5.41, 5.74) is 0.498. The first-order valence-corrected chi connectivity index (χ1v) is 5.66. The maximum atomic E-state index is 11.9. The van der Waals surface area contributed by atoms with Gasteiger partial charge in [0.1, 0.15) is 6.04 Å². The molecule has 92 valence electrons. The van der Waals surface area contributed by atoms with Crippen LogP contribution in [0.2, 0.25) is 5.02 Å². The summed E-state index contributed by atoms with van der Waals surface area (Å²) >= 11 is 5.77. The minimum absolute atomic E-state index is 0.198. The maximum absolute atomic E-state index is 11.9. The van der Waals surface area contributed by atoms with Crippen molar-refractivity contribution in [3.8, 4) is 6.07 Å². The Hall–Kier alpha value is -2.06. The van der Waals surface area contributed by atoms with Gasteiger partial charge in [-0.25, -0.2) is 0 Å². The first kappa shape index (κ1) is 12.4. The molecule has 1 saturated heterocycles. The molecule has 0 aliphatic carbocycles. The van der Waals surface area contributed by atoms with E-state index in [4.69, 9.17) is 16.9 Å². The number of hydrogen-bond donors (Lipinski definition) is 0. The van der Waals surface area contributed by atoms with E-state index in [9.17, 15) is 9.59 Å². The van der Waals surface area contributed by atoms with Crippen LogP contribution in [-0.4, -0.2) is 36.3 Å². The third kappa shape index (κ3) is 2.03. The van der Waals surface area contributed by atoms with E-state index >= 15 is 0 Å². The molecule has 0 spiro atoms. The Labute approximate surface area is 109 Å². The fraction of sp³-hybridized carbons (Fsp3) is 0.250. The zero-order valence-electron chi connectivity index (χ0n) is 9.63. The average molecular weight is 264 g/mol. The van der Waals surface area contributed by atoms with Crippen LogP contribution in [0.25, 0.3) is 0 Å². The summed E-state index contributed by atoms with van der Waals surface area (Å²) in [5, 5.41) is 9.62. The summed E-state index contributed by atoms with van der Waals surface area (Å²) in [6.07, 6.45) is 0. The van der Waals surface area contributed by atoms with E-state index in [0.29, 0.717) is 10.7 Å². The number of hydrogen-bond acceptors (Lipinski definition) is 3. The van der Waals surface area contributed by atoms with Gasteiger partial charge in [0.15, 0.2) is 0 Å². The number of likely N-dealkylation sites (N-methyl/N-ethyl adjacent to an activating group) is 1. The van der Waals surface area contributed by atoms with Crippen LogP contribution < -0.4 is 4.90 Å². The number of anilines is 1. The van der Waals surface area contributed by atoms with Crippen molar-refractivity contribution < 1.29 is 9.59 Å². The van der Waals surface area contributed by atoms with Gasteiger partial charge in [0, 0.05) is 17.8 Å². The summed E-state index contributed by atoms with van der Waals surface area (Å²) in [6.45, 7) is 0.198. The number of rotatable bonds is 1.